The zero-order chi connectivity index (χ0) is 20.4. The molecular weight excluding hydrogens is 366 g/mol. The van der Waals surface area contributed by atoms with Crippen molar-refractivity contribution in [1.29, 1.82) is 0 Å². The number of nitrogens with zero attached hydrogens (tertiary/aromatic N) is 2. The molecule has 0 aromatic carbocycles. The van der Waals surface area contributed by atoms with Crippen molar-refractivity contribution in [2.24, 2.45) is 5.73 Å². The SMILES string of the molecule is CCC(C)(C)N(C(=O)c1snc(C(N)=O)c1N)[C@H](C)C(=O)NC1CCCC1. The number of primary amides is 1. The number of nitrogens with two attached hydrogens (primary N) is 2. The summed E-state index contributed by atoms with van der Waals surface area (Å²) in [5, 5.41) is 3.05. The van der Waals surface area contributed by atoms with E-state index in [0.29, 0.717) is 6.42 Å². The number of hydrogen-bond acceptors (Lipinski definition) is 6. The Bertz CT molecular complexity index is 725. The highest BCUT2D eigenvalue weighted by Gasteiger charge is 2.39. The van der Waals surface area contributed by atoms with Crippen LogP contribution in [0.5, 0.6) is 0 Å². The number of aromatic nitrogens is 1. The van der Waals surface area contributed by atoms with Crippen molar-refractivity contribution in [2.45, 2.75) is 77.4 Å². The van der Waals surface area contributed by atoms with Crippen LogP contribution in [0.4, 0.5) is 5.69 Å². The van der Waals surface area contributed by atoms with Gasteiger partial charge in [0.15, 0.2) is 5.69 Å². The van der Waals surface area contributed by atoms with E-state index in [2.05, 4.69) is 9.69 Å². The molecule has 1 atom stereocenters. The van der Waals surface area contributed by atoms with Crippen LogP contribution in [0.25, 0.3) is 0 Å². The van der Waals surface area contributed by atoms with Gasteiger partial charge in [-0.2, -0.15) is 4.37 Å². The first-order chi connectivity index (χ1) is 12.6. The molecule has 0 bridgehead atoms. The third-order valence-electron chi connectivity index (χ3n) is 5.36. The Morgan fingerprint density at radius 1 is 1.33 bits per heavy atom. The molecule has 0 aliphatic heterocycles. The second kappa shape index (κ2) is 8.24. The summed E-state index contributed by atoms with van der Waals surface area (Å²) in [6.07, 6.45) is 4.79. The van der Waals surface area contributed by atoms with Gasteiger partial charge in [0, 0.05) is 11.6 Å². The van der Waals surface area contributed by atoms with Crippen LogP contribution in [0.2, 0.25) is 0 Å². The number of amides is 3. The highest BCUT2D eigenvalue weighted by atomic mass is 32.1. The molecule has 0 saturated heterocycles. The van der Waals surface area contributed by atoms with Gasteiger partial charge in [-0.3, -0.25) is 14.4 Å². The lowest BCUT2D eigenvalue weighted by Crippen LogP contribution is -2.57. The standard InChI is InChI=1S/C18H29N5O3S/c1-5-18(3,4)23(10(2)16(25)21-11-8-6-7-9-11)17(26)14-12(19)13(15(20)24)22-27-14/h10-11H,5-9,19H2,1-4H3,(H2,20,24)(H,21,25)/t10-/m1/s1. The highest BCUT2D eigenvalue weighted by molar-refractivity contribution is 7.09. The van der Waals surface area contributed by atoms with Crippen LogP contribution in [-0.4, -0.2) is 44.6 Å². The minimum Gasteiger partial charge on any atom is -0.395 e. The van der Waals surface area contributed by atoms with Crippen molar-refractivity contribution in [1.82, 2.24) is 14.6 Å². The van der Waals surface area contributed by atoms with E-state index in [1.165, 1.54) is 4.90 Å². The third-order valence-corrected chi connectivity index (χ3v) is 6.21. The van der Waals surface area contributed by atoms with E-state index < -0.39 is 23.4 Å². The lowest BCUT2D eigenvalue weighted by molar-refractivity contribution is -0.127. The summed E-state index contributed by atoms with van der Waals surface area (Å²) in [6.45, 7) is 7.46. The first kappa shape index (κ1) is 21.1. The highest BCUT2D eigenvalue weighted by Crippen LogP contribution is 2.30. The summed E-state index contributed by atoms with van der Waals surface area (Å²) in [6, 6.07) is -0.525. The Hall–Kier alpha value is -2.16. The molecule has 1 aliphatic rings. The number of carbonyl (C=O) groups excluding carboxylic acids is 3. The number of nitrogen functional groups attached to an aromatic ring is 1. The average molecular weight is 396 g/mol. The predicted molar refractivity (Wildman–Crippen MR) is 105 cm³/mol. The molecule has 1 aromatic rings. The average Bonchev–Trinajstić information content (AvgIpc) is 3.23. The van der Waals surface area contributed by atoms with Gasteiger partial charge in [0.25, 0.3) is 11.8 Å². The van der Waals surface area contributed by atoms with Gasteiger partial charge >= 0.3 is 0 Å². The molecule has 1 aromatic heterocycles. The van der Waals surface area contributed by atoms with Gasteiger partial charge < -0.3 is 21.7 Å². The number of hydrogen-bond donors (Lipinski definition) is 3. The fourth-order valence-corrected chi connectivity index (χ4v) is 4.14. The van der Waals surface area contributed by atoms with E-state index in [4.69, 9.17) is 11.5 Å². The Morgan fingerprint density at radius 2 is 1.93 bits per heavy atom. The maximum atomic E-state index is 13.3. The molecule has 0 unspecified atom stereocenters. The molecule has 1 fully saturated rings. The van der Waals surface area contributed by atoms with Gasteiger partial charge in [-0.25, -0.2) is 0 Å². The van der Waals surface area contributed by atoms with Crippen molar-refractivity contribution in [3.05, 3.63) is 10.6 Å². The van der Waals surface area contributed by atoms with E-state index in [-0.39, 0.29) is 28.2 Å². The van der Waals surface area contributed by atoms with Gasteiger partial charge in [-0.05, 0) is 51.6 Å². The molecule has 0 radical (unpaired) electrons. The second-order valence-corrected chi connectivity index (χ2v) is 8.42. The van der Waals surface area contributed by atoms with Gasteiger partial charge in [0.1, 0.15) is 10.9 Å². The van der Waals surface area contributed by atoms with Crippen molar-refractivity contribution in [3.63, 3.8) is 0 Å². The number of anilines is 1. The van der Waals surface area contributed by atoms with Crippen LogP contribution < -0.4 is 16.8 Å². The Labute approximate surface area is 163 Å². The summed E-state index contributed by atoms with van der Waals surface area (Å²) in [5.74, 6) is -1.38. The van der Waals surface area contributed by atoms with E-state index in [1.54, 1.807) is 6.92 Å². The lowest BCUT2D eigenvalue weighted by atomic mass is 9.96. The smallest absolute Gasteiger partial charge is 0.270 e. The Morgan fingerprint density at radius 3 is 2.41 bits per heavy atom. The summed E-state index contributed by atoms with van der Waals surface area (Å²) in [7, 11) is 0. The maximum Gasteiger partial charge on any atom is 0.270 e. The summed E-state index contributed by atoms with van der Waals surface area (Å²) in [5.41, 5.74) is 10.5. The Balaban J connectivity index is 2.32. The molecule has 1 aliphatic carbocycles. The molecule has 0 spiro atoms. The van der Waals surface area contributed by atoms with Gasteiger partial charge in [0.2, 0.25) is 5.91 Å². The monoisotopic (exact) mass is 395 g/mol. The number of carbonyl (C=O) groups is 3. The van der Waals surface area contributed by atoms with Crippen LogP contribution in [0, 0.1) is 0 Å². The van der Waals surface area contributed by atoms with E-state index in [1.807, 2.05) is 20.8 Å². The van der Waals surface area contributed by atoms with Gasteiger partial charge in [-0.1, -0.05) is 19.8 Å². The van der Waals surface area contributed by atoms with Crippen molar-refractivity contribution >= 4 is 34.9 Å². The fourth-order valence-electron chi connectivity index (χ4n) is 3.39. The van der Waals surface area contributed by atoms with E-state index >= 15 is 0 Å². The van der Waals surface area contributed by atoms with E-state index in [0.717, 1.165) is 37.2 Å². The number of rotatable bonds is 7. The van der Waals surface area contributed by atoms with Crippen LogP contribution in [-0.2, 0) is 4.79 Å². The Kier molecular flexibility index (Phi) is 6.46. The minimum atomic E-state index is -0.781. The minimum absolute atomic E-state index is 0.0298. The molecule has 150 valence electrons. The zero-order valence-corrected chi connectivity index (χ0v) is 17.2. The lowest BCUT2D eigenvalue weighted by Gasteiger charge is -2.41. The fraction of sp³-hybridized carbons (Fsp3) is 0.667. The topological polar surface area (TPSA) is 131 Å². The molecular formula is C18H29N5O3S. The molecule has 1 heterocycles. The summed E-state index contributed by atoms with van der Waals surface area (Å²) >= 11 is 0.831. The molecule has 9 heteroatoms. The first-order valence-electron chi connectivity index (χ1n) is 9.29. The summed E-state index contributed by atoms with van der Waals surface area (Å²) in [4.78, 5) is 39.2. The first-order valence-corrected chi connectivity index (χ1v) is 10.1. The van der Waals surface area contributed by atoms with Crippen molar-refractivity contribution in [3.8, 4) is 0 Å². The van der Waals surface area contributed by atoms with E-state index in [9.17, 15) is 14.4 Å². The predicted octanol–water partition coefficient (Wildman–Crippen LogP) is 1.90. The third kappa shape index (κ3) is 4.40. The van der Waals surface area contributed by atoms with Crippen LogP contribution >= 0.6 is 11.5 Å². The van der Waals surface area contributed by atoms with Crippen LogP contribution in [0.15, 0.2) is 0 Å². The van der Waals surface area contributed by atoms with Crippen LogP contribution in [0.3, 0.4) is 0 Å². The largest absolute Gasteiger partial charge is 0.395 e. The van der Waals surface area contributed by atoms with Crippen LogP contribution in [0.1, 0.15) is 80.0 Å². The maximum absolute atomic E-state index is 13.3. The molecule has 27 heavy (non-hydrogen) atoms. The quantitative estimate of drug-likeness (QED) is 0.649. The van der Waals surface area contributed by atoms with Gasteiger partial charge in [-0.15, -0.1) is 0 Å². The van der Waals surface area contributed by atoms with Crippen molar-refractivity contribution in [2.75, 3.05) is 5.73 Å². The van der Waals surface area contributed by atoms with Crippen molar-refractivity contribution < 1.29 is 14.4 Å². The normalized spacial score (nSPS) is 16.1. The molecule has 1 saturated carbocycles. The zero-order valence-electron chi connectivity index (χ0n) is 16.4. The molecule has 8 nitrogen and oxygen atoms in total. The number of nitrogens with one attached hydrogen (secondary N) is 1. The molecule has 5 N–H and O–H groups in total. The van der Waals surface area contributed by atoms with Gasteiger partial charge in [0.05, 0.1) is 5.69 Å². The summed E-state index contributed by atoms with van der Waals surface area (Å²) < 4.78 is 3.91. The second-order valence-electron chi connectivity index (χ2n) is 7.65. The molecule has 3 amide bonds. The molecule has 2 rings (SSSR count).